The Morgan fingerprint density at radius 2 is 1.30 bits per heavy atom. The third-order valence-corrected chi connectivity index (χ3v) is 14.4. The maximum absolute atomic E-state index is 15.3. The smallest absolute Gasteiger partial charge is 0.268 e. The quantitative estimate of drug-likeness (QED) is 0.0831. The van der Waals surface area contributed by atoms with Crippen LogP contribution in [0, 0.1) is 0 Å². The summed E-state index contributed by atoms with van der Waals surface area (Å²) >= 11 is 2.43. The summed E-state index contributed by atoms with van der Waals surface area (Å²) in [5.41, 5.74) is 1.45. The molecule has 0 spiro atoms. The van der Waals surface area contributed by atoms with Gasteiger partial charge in [-0.05, 0) is 42.1 Å². The predicted octanol–water partition coefficient (Wildman–Crippen LogP) is 7.98. The molecule has 0 unspecified atom stereocenters. The average molecular weight is 784 g/mol. The van der Waals surface area contributed by atoms with E-state index in [9.17, 15) is 22.8 Å². The first-order valence-corrected chi connectivity index (χ1v) is 21.6. The van der Waals surface area contributed by atoms with Crippen molar-refractivity contribution in [2.75, 3.05) is 22.9 Å². The number of thioether (sulfide) groups is 1. The molecule has 9 nitrogen and oxygen atoms in total. The number of hydrogen-bond acceptors (Lipinski definition) is 8. The molecule has 0 aliphatic carbocycles. The number of carbonyl (C=O) groups is 4. The van der Waals surface area contributed by atoms with Crippen molar-refractivity contribution >= 4 is 62.8 Å². The highest BCUT2D eigenvalue weighted by atomic mass is 32.2. The number of para-hydroxylation sites is 1. The summed E-state index contributed by atoms with van der Waals surface area (Å²) < 4.78 is 32.6. The van der Waals surface area contributed by atoms with Crippen LogP contribution in [0.2, 0.25) is 0 Å². The maximum Gasteiger partial charge on any atom is 0.268 e. The molecule has 54 heavy (non-hydrogen) atoms. The zero-order valence-corrected chi connectivity index (χ0v) is 33.2. The van der Waals surface area contributed by atoms with Crippen LogP contribution in [0.4, 0.5) is 5.69 Å². The first-order chi connectivity index (χ1) is 26.0. The lowest BCUT2D eigenvalue weighted by Crippen LogP contribution is -2.61. The summed E-state index contributed by atoms with van der Waals surface area (Å²) in [5.74, 6) is -0.386. The summed E-state index contributed by atoms with van der Waals surface area (Å²) in [6.45, 7) is 3.74. The molecule has 1 saturated heterocycles. The summed E-state index contributed by atoms with van der Waals surface area (Å²) in [6.07, 6.45) is 0.569. The van der Waals surface area contributed by atoms with E-state index in [0.29, 0.717) is 35.4 Å². The highest BCUT2D eigenvalue weighted by Crippen LogP contribution is 2.63. The number of hydrogen-bond donors (Lipinski definition) is 0. The van der Waals surface area contributed by atoms with Gasteiger partial charge in [-0.15, -0.1) is 11.8 Å². The van der Waals surface area contributed by atoms with Crippen LogP contribution >= 0.6 is 23.7 Å². The van der Waals surface area contributed by atoms with E-state index >= 15 is 4.79 Å². The normalized spacial score (nSPS) is 20.3. The Bertz CT molecular complexity index is 2100. The molecule has 0 N–H and O–H groups in total. The van der Waals surface area contributed by atoms with Crippen molar-refractivity contribution in [1.29, 1.82) is 0 Å². The van der Waals surface area contributed by atoms with Gasteiger partial charge in [0.2, 0.25) is 5.91 Å². The van der Waals surface area contributed by atoms with E-state index in [1.165, 1.54) is 37.2 Å². The molecule has 0 radical (unpaired) electrons. The van der Waals surface area contributed by atoms with Gasteiger partial charge in [0.15, 0.2) is 16.4 Å². The van der Waals surface area contributed by atoms with E-state index in [0.717, 1.165) is 5.56 Å². The van der Waals surface area contributed by atoms with Crippen LogP contribution in [-0.2, 0) is 25.0 Å². The van der Waals surface area contributed by atoms with Gasteiger partial charge < -0.3 is 0 Å². The molecular weight excluding hydrogens is 739 g/mol. The minimum absolute atomic E-state index is 0.0231. The third-order valence-electron chi connectivity index (χ3n) is 10.2. The zero-order valence-electron chi connectivity index (χ0n) is 30.7. The number of amides is 2. The fraction of sp³-hybridized carbons (Fsp3) is 0.333. The second kappa shape index (κ2) is 16.5. The molecule has 0 bridgehead atoms. The number of ketones is 2. The van der Waals surface area contributed by atoms with Gasteiger partial charge in [-0.25, -0.2) is 12.7 Å². The topological polar surface area (TPSA) is 112 Å². The number of rotatable bonds is 16. The van der Waals surface area contributed by atoms with Gasteiger partial charge in [-0.3, -0.25) is 28.4 Å². The lowest BCUT2D eigenvalue weighted by atomic mass is 9.74. The first kappa shape index (κ1) is 39.3. The summed E-state index contributed by atoms with van der Waals surface area (Å²) in [4.78, 5) is 56.2. The molecule has 6 rings (SSSR count). The van der Waals surface area contributed by atoms with E-state index in [1.807, 2.05) is 31.2 Å². The Morgan fingerprint density at radius 3 is 1.87 bits per heavy atom. The Labute approximate surface area is 326 Å². The van der Waals surface area contributed by atoms with Crippen molar-refractivity contribution in [3.05, 3.63) is 132 Å². The van der Waals surface area contributed by atoms with Crippen LogP contribution in [0.3, 0.4) is 0 Å². The Balaban J connectivity index is 1.44. The fourth-order valence-corrected chi connectivity index (χ4v) is 12.1. The van der Waals surface area contributed by atoms with Gasteiger partial charge in [0.1, 0.15) is 6.17 Å². The first-order valence-electron chi connectivity index (χ1n) is 18.2. The van der Waals surface area contributed by atoms with Gasteiger partial charge in [0.05, 0.1) is 10.6 Å². The third kappa shape index (κ3) is 7.23. The highest BCUT2D eigenvalue weighted by Gasteiger charge is 2.71. The molecule has 12 heteroatoms. The molecule has 4 aromatic carbocycles. The molecule has 2 aliphatic heterocycles. The van der Waals surface area contributed by atoms with Crippen molar-refractivity contribution in [1.82, 2.24) is 9.21 Å². The van der Waals surface area contributed by atoms with Crippen molar-refractivity contribution in [3.8, 4) is 0 Å². The van der Waals surface area contributed by atoms with Crippen molar-refractivity contribution in [2.24, 2.45) is 0 Å². The second-order valence-corrected chi connectivity index (χ2v) is 18.0. The molecule has 4 aromatic rings. The van der Waals surface area contributed by atoms with Gasteiger partial charge in [-0.1, -0.05) is 117 Å². The number of carbonyl (C=O) groups excluding carboxylic acids is 4. The van der Waals surface area contributed by atoms with Crippen LogP contribution in [-0.4, -0.2) is 70.6 Å². The van der Waals surface area contributed by atoms with E-state index in [1.54, 1.807) is 105 Å². The van der Waals surface area contributed by atoms with Crippen LogP contribution < -0.4 is 4.31 Å². The van der Waals surface area contributed by atoms with Gasteiger partial charge in [0, 0.05) is 60.8 Å². The number of sulfonamides is 1. The van der Waals surface area contributed by atoms with Crippen molar-refractivity contribution < 1.29 is 27.6 Å². The van der Waals surface area contributed by atoms with E-state index in [4.69, 9.17) is 0 Å². The van der Waals surface area contributed by atoms with Crippen molar-refractivity contribution in [2.45, 2.75) is 73.7 Å². The van der Waals surface area contributed by atoms with E-state index in [-0.39, 0.29) is 53.8 Å². The Kier molecular flexibility index (Phi) is 12.0. The minimum Gasteiger partial charge on any atom is -0.296 e. The SMILES string of the molecule is CCC[C@]12C[C@](SCCC(=O)c3ccccc3)(C(=O)N(C)SCCC(=O)c3ccccc3)N(C(=O)CC)[C@H]1N(S(=O)(=O)c1ccccc1)c1ccccc12. The molecule has 282 valence electrons. The van der Waals surface area contributed by atoms with Crippen LogP contribution in [0.5, 0.6) is 0 Å². The molecule has 2 amide bonds. The molecule has 3 atom stereocenters. The second-order valence-electron chi connectivity index (χ2n) is 13.6. The molecule has 0 aromatic heterocycles. The number of anilines is 1. The number of likely N-dealkylation sites (N-methyl/N-ethyl adjacent to an activating group) is 1. The Hall–Kier alpha value is -4.39. The van der Waals surface area contributed by atoms with E-state index in [2.05, 4.69) is 0 Å². The molecule has 0 saturated carbocycles. The summed E-state index contributed by atoms with van der Waals surface area (Å²) in [5, 5.41) is 0. The molecule has 2 heterocycles. The highest BCUT2D eigenvalue weighted by molar-refractivity contribution is 8.01. The van der Waals surface area contributed by atoms with Crippen molar-refractivity contribution in [3.63, 3.8) is 0 Å². The maximum atomic E-state index is 15.3. The number of benzene rings is 4. The zero-order chi connectivity index (χ0) is 38.5. The van der Waals surface area contributed by atoms with Gasteiger partial charge >= 0.3 is 0 Å². The monoisotopic (exact) mass is 783 g/mol. The number of nitrogens with zero attached hydrogens (tertiary/aromatic N) is 3. The summed E-state index contributed by atoms with van der Waals surface area (Å²) in [6, 6.07) is 33.5. The largest absolute Gasteiger partial charge is 0.296 e. The van der Waals surface area contributed by atoms with Gasteiger partial charge in [0.25, 0.3) is 15.9 Å². The molecular formula is C42H45N3O6S3. The van der Waals surface area contributed by atoms with Crippen LogP contribution in [0.1, 0.15) is 78.7 Å². The standard InChI is InChI=1S/C42H45N3O6S3/c1-4-27-41-30-42(52-28-25-36(46)31-17-9-6-10-18-31,40(49)43(3)53-29-26-37(47)32-19-11-7-12-20-32)44(38(48)5-2)39(41)45(35-24-16-15-23-34(35)41)54(50,51)33-21-13-8-14-22-33/h6-24,39H,4-5,25-30H2,1-3H3/t39-,41+,42-/m0/s1. The summed E-state index contributed by atoms with van der Waals surface area (Å²) in [7, 11) is -2.61. The van der Waals surface area contributed by atoms with Crippen LogP contribution in [0.15, 0.2) is 120 Å². The van der Waals surface area contributed by atoms with Crippen LogP contribution in [0.25, 0.3) is 0 Å². The minimum atomic E-state index is -4.25. The lowest BCUT2D eigenvalue weighted by Gasteiger charge is -2.43. The average Bonchev–Trinajstić information content (AvgIpc) is 3.64. The molecule has 2 aliphatic rings. The predicted molar refractivity (Wildman–Crippen MR) is 216 cm³/mol. The molecule has 1 fully saturated rings. The van der Waals surface area contributed by atoms with E-state index < -0.39 is 32.4 Å². The fourth-order valence-electron chi connectivity index (χ4n) is 7.89. The Morgan fingerprint density at radius 1 is 0.759 bits per heavy atom. The number of fused-ring (bicyclic) bond motifs is 3. The van der Waals surface area contributed by atoms with Gasteiger partial charge in [-0.2, -0.15) is 0 Å². The lowest BCUT2D eigenvalue weighted by molar-refractivity contribution is -0.143. The number of likely N-dealkylation sites (tertiary alicyclic amines) is 1. The number of Topliss-reactive ketones (excluding diaryl/α,β-unsaturated/α-hetero) is 2.